The maximum absolute atomic E-state index is 5.78. The van der Waals surface area contributed by atoms with Gasteiger partial charge < -0.3 is 5.73 Å². The molecule has 0 saturated heterocycles. The van der Waals surface area contributed by atoms with Crippen LogP contribution in [0.4, 0.5) is 5.82 Å². The first-order chi connectivity index (χ1) is 7.36. The van der Waals surface area contributed by atoms with E-state index >= 15 is 0 Å². The van der Waals surface area contributed by atoms with Gasteiger partial charge in [0.05, 0.1) is 18.1 Å². The average molecular weight is 202 g/mol. The highest BCUT2D eigenvalue weighted by Gasteiger charge is 2.31. The Balaban J connectivity index is 2.12. The van der Waals surface area contributed by atoms with Gasteiger partial charge in [-0.05, 0) is 12.8 Å². The van der Waals surface area contributed by atoms with E-state index in [-0.39, 0.29) is 0 Å². The van der Waals surface area contributed by atoms with Crippen molar-refractivity contribution in [2.24, 2.45) is 0 Å². The minimum atomic E-state index is 0.500. The zero-order valence-corrected chi connectivity index (χ0v) is 8.04. The molecule has 0 bridgehead atoms. The number of nitrogen functional groups attached to an aromatic ring is 1. The molecule has 1 aliphatic rings. The number of aromatic nitrogens is 5. The molecule has 0 atom stereocenters. The minimum absolute atomic E-state index is 0.500. The Morgan fingerprint density at radius 1 is 1.27 bits per heavy atom. The second-order valence-electron chi connectivity index (χ2n) is 3.64. The van der Waals surface area contributed by atoms with Crippen molar-refractivity contribution in [1.82, 2.24) is 25.0 Å². The van der Waals surface area contributed by atoms with E-state index in [4.69, 9.17) is 5.73 Å². The van der Waals surface area contributed by atoms with Crippen LogP contribution in [0.3, 0.4) is 0 Å². The van der Waals surface area contributed by atoms with E-state index in [0.717, 1.165) is 24.2 Å². The van der Waals surface area contributed by atoms with Gasteiger partial charge in [0.15, 0.2) is 5.82 Å². The van der Waals surface area contributed by atoms with Crippen molar-refractivity contribution in [1.29, 1.82) is 0 Å². The maximum Gasteiger partial charge on any atom is 0.169 e. The molecule has 3 rings (SSSR count). The molecule has 1 saturated carbocycles. The molecule has 2 N–H and O–H groups in total. The number of hydrogen-bond acceptors (Lipinski definition) is 5. The molecule has 2 heterocycles. The Bertz CT molecular complexity index is 473. The molecule has 0 aromatic carbocycles. The highest BCUT2D eigenvalue weighted by molar-refractivity contribution is 5.42. The highest BCUT2D eigenvalue weighted by atomic mass is 15.5. The molecular formula is C9H10N6. The summed E-state index contributed by atoms with van der Waals surface area (Å²) < 4.78 is 1.73. The molecular weight excluding hydrogens is 192 g/mol. The van der Waals surface area contributed by atoms with Gasteiger partial charge in [-0.2, -0.15) is 0 Å². The van der Waals surface area contributed by atoms with Crippen LogP contribution in [0.25, 0.3) is 5.69 Å². The lowest BCUT2D eigenvalue weighted by Crippen LogP contribution is -2.03. The molecule has 0 amide bonds. The predicted molar refractivity (Wildman–Crippen MR) is 53.3 cm³/mol. The summed E-state index contributed by atoms with van der Waals surface area (Å²) >= 11 is 0. The number of rotatable bonds is 2. The van der Waals surface area contributed by atoms with Crippen molar-refractivity contribution in [3.8, 4) is 5.69 Å². The Kier molecular flexibility index (Phi) is 1.67. The van der Waals surface area contributed by atoms with Gasteiger partial charge in [0.1, 0.15) is 12.0 Å². The fourth-order valence-corrected chi connectivity index (χ4v) is 1.63. The maximum atomic E-state index is 5.78. The molecule has 15 heavy (non-hydrogen) atoms. The average Bonchev–Trinajstić information content (AvgIpc) is 3.03. The molecule has 6 heteroatoms. The van der Waals surface area contributed by atoms with Gasteiger partial charge in [0.25, 0.3) is 0 Å². The molecule has 2 aromatic heterocycles. The van der Waals surface area contributed by atoms with Gasteiger partial charge in [-0.3, -0.25) is 0 Å². The second kappa shape index (κ2) is 3.01. The standard InChI is InChI=1S/C9H10N6/c10-9-8(6-1-2-6)15(14-13-9)7-3-11-5-12-4-7/h3-6H,1-2,10H2. The number of nitrogens with two attached hydrogens (primary N) is 1. The lowest BCUT2D eigenvalue weighted by molar-refractivity contribution is 0.756. The van der Waals surface area contributed by atoms with Gasteiger partial charge in [-0.25, -0.2) is 14.6 Å². The fourth-order valence-electron chi connectivity index (χ4n) is 1.63. The monoisotopic (exact) mass is 202 g/mol. The third-order valence-electron chi connectivity index (χ3n) is 2.49. The molecule has 0 unspecified atom stereocenters. The first kappa shape index (κ1) is 8.34. The molecule has 0 aliphatic heterocycles. The van der Waals surface area contributed by atoms with Crippen LogP contribution in [0.2, 0.25) is 0 Å². The summed E-state index contributed by atoms with van der Waals surface area (Å²) in [4.78, 5) is 7.90. The molecule has 0 spiro atoms. The van der Waals surface area contributed by atoms with Crippen molar-refractivity contribution in [2.75, 3.05) is 5.73 Å². The Morgan fingerprint density at radius 2 is 2.00 bits per heavy atom. The van der Waals surface area contributed by atoms with E-state index < -0.39 is 0 Å². The summed E-state index contributed by atoms with van der Waals surface area (Å²) in [6, 6.07) is 0. The van der Waals surface area contributed by atoms with E-state index in [1.165, 1.54) is 6.33 Å². The Labute approximate surface area is 86.2 Å². The highest BCUT2D eigenvalue weighted by Crippen LogP contribution is 2.42. The largest absolute Gasteiger partial charge is 0.381 e. The van der Waals surface area contributed by atoms with Crippen LogP contribution < -0.4 is 5.73 Å². The van der Waals surface area contributed by atoms with Crippen molar-refractivity contribution < 1.29 is 0 Å². The van der Waals surface area contributed by atoms with E-state index in [2.05, 4.69) is 20.3 Å². The quantitative estimate of drug-likeness (QED) is 0.767. The van der Waals surface area contributed by atoms with E-state index in [9.17, 15) is 0 Å². The van der Waals surface area contributed by atoms with E-state index in [1.54, 1.807) is 17.1 Å². The molecule has 76 valence electrons. The number of anilines is 1. The SMILES string of the molecule is Nc1nnn(-c2cncnc2)c1C1CC1. The second-order valence-corrected chi connectivity index (χ2v) is 3.64. The normalized spacial score (nSPS) is 15.5. The zero-order valence-electron chi connectivity index (χ0n) is 8.04. The summed E-state index contributed by atoms with van der Waals surface area (Å²) in [7, 11) is 0. The zero-order chi connectivity index (χ0) is 10.3. The number of nitrogens with zero attached hydrogens (tertiary/aromatic N) is 5. The van der Waals surface area contributed by atoms with Gasteiger partial charge in [0.2, 0.25) is 0 Å². The first-order valence-corrected chi connectivity index (χ1v) is 4.82. The fraction of sp³-hybridized carbons (Fsp3) is 0.333. The smallest absolute Gasteiger partial charge is 0.169 e. The van der Waals surface area contributed by atoms with Gasteiger partial charge >= 0.3 is 0 Å². The lowest BCUT2D eigenvalue weighted by atomic mass is 10.3. The van der Waals surface area contributed by atoms with Crippen LogP contribution in [0, 0.1) is 0 Å². The van der Waals surface area contributed by atoms with Crippen molar-refractivity contribution in [3.63, 3.8) is 0 Å². The molecule has 2 aromatic rings. The van der Waals surface area contributed by atoms with E-state index in [1.807, 2.05) is 0 Å². The number of hydrogen-bond donors (Lipinski definition) is 1. The van der Waals surface area contributed by atoms with Crippen LogP contribution in [-0.4, -0.2) is 25.0 Å². The van der Waals surface area contributed by atoms with Crippen LogP contribution >= 0.6 is 0 Å². The van der Waals surface area contributed by atoms with Crippen LogP contribution in [0.15, 0.2) is 18.7 Å². The summed E-state index contributed by atoms with van der Waals surface area (Å²) in [6.45, 7) is 0. The van der Waals surface area contributed by atoms with Crippen molar-refractivity contribution in [3.05, 3.63) is 24.4 Å². The topological polar surface area (TPSA) is 82.5 Å². The van der Waals surface area contributed by atoms with Crippen LogP contribution in [0.1, 0.15) is 24.5 Å². The third kappa shape index (κ3) is 1.34. The Morgan fingerprint density at radius 3 is 2.67 bits per heavy atom. The van der Waals surface area contributed by atoms with Crippen molar-refractivity contribution >= 4 is 5.82 Å². The van der Waals surface area contributed by atoms with Gasteiger partial charge in [-0.1, -0.05) is 5.21 Å². The molecule has 1 fully saturated rings. The summed E-state index contributed by atoms with van der Waals surface area (Å²) in [5, 5.41) is 7.90. The predicted octanol–water partition coefficient (Wildman–Crippen LogP) is 0.517. The van der Waals surface area contributed by atoms with Gasteiger partial charge in [-0.15, -0.1) is 5.10 Å². The van der Waals surface area contributed by atoms with Crippen LogP contribution in [-0.2, 0) is 0 Å². The lowest BCUT2D eigenvalue weighted by Gasteiger charge is -2.03. The molecule has 1 aliphatic carbocycles. The third-order valence-corrected chi connectivity index (χ3v) is 2.49. The summed E-state index contributed by atoms with van der Waals surface area (Å²) in [5.41, 5.74) is 7.58. The molecule has 6 nitrogen and oxygen atoms in total. The summed E-state index contributed by atoms with van der Waals surface area (Å²) in [6.07, 6.45) is 7.21. The molecule has 0 radical (unpaired) electrons. The van der Waals surface area contributed by atoms with Crippen molar-refractivity contribution in [2.45, 2.75) is 18.8 Å². The Hall–Kier alpha value is -1.98. The van der Waals surface area contributed by atoms with Crippen LogP contribution in [0.5, 0.6) is 0 Å². The summed E-state index contributed by atoms with van der Waals surface area (Å²) in [5.74, 6) is 1.02. The minimum Gasteiger partial charge on any atom is -0.381 e. The first-order valence-electron chi connectivity index (χ1n) is 4.82. The van der Waals surface area contributed by atoms with E-state index in [0.29, 0.717) is 11.7 Å². The van der Waals surface area contributed by atoms with Gasteiger partial charge in [0, 0.05) is 5.92 Å².